The van der Waals surface area contributed by atoms with Gasteiger partial charge in [-0.05, 0) is 18.5 Å². The standard InChI is InChI=1S/C12H16N2O/c13-8-4-7-12(15)10-14-9-11-5-2-1-3-6-11/h1-3,5-6,9H,4,7-8,10,13H2. The third-order valence-corrected chi connectivity index (χ3v) is 1.97. The van der Waals surface area contributed by atoms with Gasteiger partial charge < -0.3 is 5.73 Å². The Bertz CT molecular complexity index is 320. The number of benzene rings is 1. The highest BCUT2D eigenvalue weighted by Gasteiger charge is 1.97. The van der Waals surface area contributed by atoms with E-state index in [1.54, 1.807) is 6.21 Å². The Hall–Kier alpha value is -1.48. The topological polar surface area (TPSA) is 55.5 Å². The second-order valence-corrected chi connectivity index (χ2v) is 3.31. The summed E-state index contributed by atoms with van der Waals surface area (Å²) in [6.45, 7) is 0.822. The van der Waals surface area contributed by atoms with E-state index >= 15 is 0 Å². The van der Waals surface area contributed by atoms with Crippen molar-refractivity contribution in [3.63, 3.8) is 0 Å². The molecule has 0 amide bonds. The second kappa shape index (κ2) is 6.90. The Morgan fingerprint density at radius 1 is 1.33 bits per heavy atom. The maximum Gasteiger partial charge on any atom is 0.154 e. The van der Waals surface area contributed by atoms with Gasteiger partial charge in [-0.15, -0.1) is 0 Å². The Morgan fingerprint density at radius 3 is 2.73 bits per heavy atom. The zero-order valence-electron chi connectivity index (χ0n) is 8.73. The lowest BCUT2D eigenvalue weighted by Gasteiger charge is -1.94. The molecule has 0 aliphatic rings. The maximum absolute atomic E-state index is 11.2. The number of hydrogen-bond donors (Lipinski definition) is 1. The molecule has 0 radical (unpaired) electrons. The van der Waals surface area contributed by atoms with Crippen molar-refractivity contribution < 1.29 is 4.79 Å². The summed E-state index contributed by atoms with van der Waals surface area (Å²) in [5.74, 6) is 0.146. The van der Waals surface area contributed by atoms with Crippen molar-refractivity contribution in [2.45, 2.75) is 12.8 Å². The first kappa shape index (κ1) is 11.6. The molecule has 15 heavy (non-hydrogen) atoms. The molecular weight excluding hydrogens is 188 g/mol. The number of ketones is 1. The molecule has 0 saturated heterocycles. The van der Waals surface area contributed by atoms with Gasteiger partial charge in [0.1, 0.15) is 0 Å². The number of nitrogens with zero attached hydrogens (tertiary/aromatic N) is 1. The molecule has 0 saturated carbocycles. The number of carbonyl (C=O) groups is 1. The van der Waals surface area contributed by atoms with E-state index in [1.165, 1.54) is 0 Å². The van der Waals surface area contributed by atoms with Crippen LogP contribution in [0, 0.1) is 0 Å². The van der Waals surface area contributed by atoms with Crippen molar-refractivity contribution in [1.29, 1.82) is 0 Å². The minimum absolute atomic E-state index is 0.146. The number of hydrogen-bond acceptors (Lipinski definition) is 3. The highest BCUT2D eigenvalue weighted by Crippen LogP contribution is 1.95. The van der Waals surface area contributed by atoms with Crippen LogP contribution in [0.4, 0.5) is 0 Å². The molecule has 0 aliphatic heterocycles. The lowest BCUT2D eigenvalue weighted by molar-refractivity contribution is -0.117. The minimum Gasteiger partial charge on any atom is -0.330 e. The first-order valence-corrected chi connectivity index (χ1v) is 5.09. The summed E-state index contributed by atoms with van der Waals surface area (Å²) in [5.41, 5.74) is 6.32. The van der Waals surface area contributed by atoms with E-state index in [-0.39, 0.29) is 12.3 Å². The Kier molecular flexibility index (Phi) is 5.33. The van der Waals surface area contributed by atoms with Crippen LogP contribution in [0.15, 0.2) is 35.3 Å². The zero-order valence-corrected chi connectivity index (χ0v) is 8.73. The first-order chi connectivity index (χ1) is 7.33. The van der Waals surface area contributed by atoms with Crippen molar-refractivity contribution in [3.05, 3.63) is 35.9 Å². The van der Waals surface area contributed by atoms with Crippen molar-refractivity contribution in [3.8, 4) is 0 Å². The smallest absolute Gasteiger partial charge is 0.154 e. The Morgan fingerprint density at radius 2 is 2.07 bits per heavy atom. The third-order valence-electron chi connectivity index (χ3n) is 1.97. The Labute approximate surface area is 90.0 Å². The van der Waals surface area contributed by atoms with Crippen LogP contribution in [0.25, 0.3) is 0 Å². The molecule has 0 atom stereocenters. The van der Waals surface area contributed by atoms with E-state index in [4.69, 9.17) is 5.73 Å². The number of nitrogens with two attached hydrogens (primary N) is 1. The normalized spacial score (nSPS) is 10.7. The van der Waals surface area contributed by atoms with Gasteiger partial charge in [-0.2, -0.15) is 0 Å². The van der Waals surface area contributed by atoms with Crippen LogP contribution >= 0.6 is 0 Å². The molecule has 0 bridgehead atoms. The highest BCUT2D eigenvalue weighted by atomic mass is 16.1. The summed E-state index contributed by atoms with van der Waals surface area (Å²) in [6.07, 6.45) is 3.00. The molecule has 0 fully saturated rings. The monoisotopic (exact) mass is 204 g/mol. The molecule has 3 nitrogen and oxygen atoms in total. The highest BCUT2D eigenvalue weighted by molar-refractivity contribution is 5.85. The van der Waals surface area contributed by atoms with Crippen LogP contribution in [0.5, 0.6) is 0 Å². The average molecular weight is 204 g/mol. The van der Waals surface area contributed by atoms with Crippen LogP contribution in [-0.2, 0) is 4.79 Å². The molecular formula is C12H16N2O. The summed E-state index contributed by atoms with van der Waals surface area (Å²) in [6, 6.07) is 9.74. The molecule has 80 valence electrons. The third kappa shape index (κ3) is 5.08. The fraction of sp³-hybridized carbons (Fsp3) is 0.333. The molecule has 1 aromatic carbocycles. The average Bonchev–Trinajstić information content (AvgIpc) is 2.28. The molecule has 0 aromatic heterocycles. The number of carbonyl (C=O) groups excluding carboxylic acids is 1. The molecule has 1 rings (SSSR count). The van der Waals surface area contributed by atoms with Crippen LogP contribution in [0.3, 0.4) is 0 Å². The van der Waals surface area contributed by atoms with Crippen LogP contribution in [0.1, 0.15) is 18.4 Å². The molecule has 0 unspecified atom stereocenters. The molecule has 3 heteroatoms. The van der Waals surface area contributed by atoms with Gasteiger partial charge >= 0.3 is 0 Å². The largest absolute Gasteiger partial charge is 0.330 e. The van der Waals surface area contributed by atoms with E-state index in [9.17, 15) is 4.79 Å². The molecule has 2 N–H and O–H groups in total. The summed E-state index contributed by atoms with van der Waals surface area (Å²) >= 11 is 0. The Balaban J connectivity index is 2.31. The fourth-order valence-electron chi connectivity index (χ4n) is 1.17. The van der Waals surface area contributed by atoms with Crippen LogP contribution in [0.2, 0.25) is 0 Å². The minimum atomic E-state index is 0.146. The molecule has 1 aromatic rings. The van der Waals surface area contributed by atoms with Crippen LogP contribution in [-0.4, -0.2) is 25.1 Å². The van der Waals surface area contributed by atoms with E-state index in [0.29, 0.717) is 13.0 Å². The summed E-state index contributed by atoms with van der Waals surface area (Å²) in [7, 11) is 0. The van der Waals surface area contributed by atoms with E-state index in [2.05, 4.69) is 4.99 Å². The van der Waals surface area contributed by atoms with Gasteiger partial charge in [0, 0.05) is 12.6 Å². The quantitative estimate of drug-likeness (QED) is 0.712. The van der Waals surface area contributed by atoms with Crippen molar-refractivity contribution >= 4 is 12.0 Å². The summed E-state index contributed by atoms with van der Waals surface area (Å²) < 4.78 is 0. The fourth-order valence-corrected chi connectivity index (χ4v) is 1.17. The van der Waals surface area contributed by atoms with E-state index < -0.39 is 0 Å². The van der Waals surface area contributed by atoms with Crippen molar-refractivity contribution in [2.24, 2.45) is 10.7 Å². The van der Waals surface area contributed by atoms with E-state index in [0.717, 1.165) is 12.0 Å². The lowest BCUT2D eigenvalue weighted by atomic mass is 10.2. The zero-order chi connectivity index (χ0) is 10.9. The molecule has 0 spiro atoms. The lowest BCUT2D eigenvalue weighted by Crippen LogP contribution is -2.07. The summed E-state index contributed by atoms with van der Waals surface area (Å²) in [4.78, 5) is 15.3. The van der Waals surface area contributed by atoms with Gasteiger partial charge in [0.05, 0.1) is 6.54 Å². The van der Waals surface area contributed by atoms with Gasteiger partial charge in [-0.1, -0.05) is 30.3 Å². The van der Waals surface area contributed by atoms with Gasteiger partial charge in [0.25, 0.3) is 0 Å². The van der Waals surface area contributed by atoms with Crippen LogP contribution < -0.4 is 5.73 Å². The van der Waals surface area contributed by atoms with Crippen molar-refractivity contribution in [1.82, 2.24) is 0 Å². The van der Waals surface area contributed by atoms with E-state index in [1.807, 2.05) is 30.3 Å². The predicted molar refractivity (Wildman–Crippen MR) is 62.2 cm³/mol. The maximum atomic E-state index is 11.2. The number of aliphatic imine (C=N–C) groups is 1. The van der Waals surface area contributed by atoms with Crippen molar-refractivity contribution in [2.75, 3.05) is 13.1 Å². The van der Waals surface area contributed by atoms with Gasteiger partial charge in [0.2, 0.25) is 0 Å². The number of rotatable bonds is 6. The SMILES string of the molecule is NCCCC(=O)CN=Cc1ccccc1. The first-order valence-electron chi connectivity index (χ1n) is 5.09. The van der Waals surface area contributed by atoms with Gasteiger partial charge in [0.15, 0.2) is 5.78 Å². The summed E-state index contributed by atoms with van der Waals surface area (Å²) in [5, 5.41) is 0. The number of Topliss-reactive ketones (excluding diaryl/α,β-unsaturated/α-hetero) is 1. The predicted octanol–water partition coefficient (Wildman–Crippen LogP) is 1.41. The molecule has 0 heterocycles. The second-order valence-electron chi connectivity index (χ2n) is 3.31. The van der Waals surface area contributed by atoms with Gasteiger partial charge in [-0.25, -0.2) is 0 Å². The molecule has 0 aliphatic carbocycles. The van der Waals surface area contributed by atoms with Gasteiger partial charge in [-0.3, -0.25) is 9.79 Å².